The summed E-state index contributed by atoms with van der Waals surface area (Å²) >= 11 is 0. The average Bonchev–Trinajstić information content (AvgIpc) is 2.51. The van der Waals surface area contributed by atoms with Gasteiger partial charge in [0.05, 0.1) is 19.4 Å². The van der Waals surface area contributed by atoms with Gasteiger partial charge < -0.3 is 0 Å². The van der Waals surface area contributed by atoms with Gasteiger partial charge in [0.2, 0.25) is 0 Å². The molecule has 0 amide bonds. The molecular weight excluding hydrogens is 150 g/mol. The fraction of sp³-hybridized carbons (Fsp3) is 0.111. The Morgan fingerprint density at radius 2 is 2.42 bits per heavy atom. The monoisotopic (exact) mass is 160 g/mol. The Balaban J connectivity index is 2.53. The number of aromatic nitrogens is 3. The van der Waals surface area contributed by atoms with Crippen LogP contribution >= 0.6 is 0 Å². The minimum Gasteiger partial charge on any atom is -0.221 e. The third kappa shape index (κ3) is 1.21. The van der Waals surface area contributed by atoms with Crippen molar-refractivity contribution in [3.05, 3.63) is 42.2 Å². The van der Waals surface area contributed by atoms with Crippen molar-refractivity contribution in [2.45, 2.75) is 6.92 Å². The van der Waals surface area contributed by atoms with Gasteiger partial charge in [-0.1, -0.05) is 17.3 Å². The van der Waals surface area contributed by atoms with Crippen molar-refractivity contribution in [1.82, 2.24) is 15.0 Å². The molecule has 0 aliphatic heterocycles. The molecule has 0 aliphatic rings. The zero-order valence-electron chi connectivity index (χ0n) is 7.73. The van der Waals surface area contributed by atoms with Crippen molar-refractivity contribution >= 4 is 0 Å². The van der Waals surface area contributed by atoms with Crippen LogP contribution in [0, 0.1) is 6.92 Å². The highest BCUT2D eigenvalue weighted by atomic mass is 15.4. The standard InChI is InChI=1S/C9H9N3/c1-8-3-2-4-9(7-8)12-6-5-10-11-12/h2-7H,1H3/i6D. The van der Waals surface area contributed by atoms with E-state index in [2.05, 4.69) is 10.3 Å². The molecule has 12 heavy (non-hydrogen) atoms. The molecule has 60 valence electrons. The van der Waals surface area contributed by atoms with Crippen molar-refractivity contribution < 1.29 is 1.37 Å². The summed E-state index contributed by atoms with van der Waals surface area (Å²) in [6, 6.07) is 7.81. The summed E-state index contributed by atoms with van der Waals surface area (Å²) in [5.74, 6) is 0. The molecule has 0 saturated carbocycles. The number of benzene rings is 1. The number of hydrogen-bond donors (Lipinski definition) is 0. The van der Waals surface area contributed by atoms with E-state index in [4.69, 9.17) is 1.37 Å². The van der Waals surface area contributed by atoms with Crippen LogP contribution in [0.25, 0.3) is 5.69 Å². The fourth-order valence-electron chi connectivity index (χ4n) is 1.07. The summed E-state index contributed by atoms with van der Waals surface area (Å²) in [5, 5.41) is 7.46. The van der Waals surface area contributed by atoms with E-state index in [9.17, 15) is 0 Å². The quantitative estimate of drug-likeness (QED) is 0.634. The molecule has 0 aliphatic carbocycles. The molecule has 0 atom stereocenters. The van der Waals surface area contributed by atoms with E-state index in [-0.39, 0.29) is 0 Å². The van der Waals surface area contributed by atoms with Gasteiger partial charge in [0.25, 0.3) is 0 Å². The number of nitrogens with zero attached hydrogens (tertiary/aromatic N) is 3. The molecular formula is C9H9N3. The predicted octanol–water partition coefficient (Wildman–Crippen LogP) is 1.58. The Labute approximate surface area is 72.1 Å². The molecule has 0 saturated heterocycles. The van der Waals surface area contributed by atoms with E-state index in [1.165, 1.54) is 10.9 Å². The Morgan fingerprint density at radius 3 is 3.08 bits per heavy atom. The van der Waals surface area contributed by atoms with Gasteiger partial charge in [0, 0.05) is 0 Å². The predicted molar refractivity (Wildman–Crippen MR) is 46.1 cm³/mol. The molecule has 3 heteroatoms. The van der Waals surface area contributed by atoms with Gasteiger partial charge in [-0.3, -0.25) is 0 Å². The number of aryl methyl sites for hydroxylation is 1. The zero-order chi connectivity index (χ0) is 9.26. The fourth-order valence-corrected chi connectivity index (χ4v) is 1.07. The van der Waals surface area contributed by atoms with Crippen molar-refractivity contribution in [2.75, 3.05) is 0 Å². The summed E-state index contributed by atoms with van der Waals surface area (Å²) in [5.41, 5.74) is 2.02. The maximum atomic E-state index is 7.50. The molecule has 1 heterocycles. The minimum absolute atomic E-state index is 0.297. The molecule has 0 fully saturated rings. The number of hydrogen-bond acceptors (Lipinski definition) is 2. The van der Waals surface area contributed by atoms with Crippen molar-refractivity contribution in [1.29, 1.82) is 0 Å². The van der Waals surface area contributed by atoms with Crippen LogP contribution in [0.2, 0.25) is 0 Å². The first-order valence-corrected chi connectivity index (χ1v) is 3.72. The van der Waals surface area contributed by atoms with Crippen LogP contribution in [0.4, 0.5) is 0 Å². The summed E-state index contributed by atoms with van der Waals surface area (Å²) in [7, 11) is 0. The van der Waals surface area contributed by atoms with Gasteiger partial charge in [0.1, 0.15) is 0 Å². The first-order valence-electron chi connectivity index (χ1n) is 4.22. The second kappa shape index (κ2) is 2.77. The summed E-state index contributed by atoms with van der Waals surface area (Å²) < 4.78 is 8.99. The Kier molecular flexibility index (Phi) is 1.37. The normalized spacial score (nSPS) is 11.2. The second-order valence-corrected chi connectivity index (χ2v) is 2.61. The molecule has 3 nitrogen and oxygen atoms in total. The van der Waals surface area contributed by atoms with Crippen LogP contribution in [-0.2, 0) is 0 Å². The van der Waals surface area contributed by atoms with E-state index in [1.807, 2.05) is 31.2 Å². The van der Waals surface area contributed by atoms with Gasteiger partial charge in [-0.05, 0) is 24.6 Å². The molecule has 0 bridgehead atoms. The molecule has 2 rings (SSSR count). The first kappa shape index (κ1) is 5.94. The third-order valence-corrected chi connectivity index (χ3v) is 1.63. The smallest absolute Gasteiger partial charge is 0.0859 e. The van der Waals surface area contributed by atoms with Crippen LogP contribution in [0.1, 0.15) is 6.93 Å². The maximum Gasteiger partial charge on any atom is 0.0859 e. The summed E-state index contributed by atoms with van der Waals surface area (Å²) in [4.78, 5) is 0. The summed E-state index contributed by atoms with van der Waals surface area (Å²) in [6.45, 7) is 2.00. The molecule has 2 aromatic rings. The Morgan fingerprint density at radius 1 is 1.50 bits per heavy atom. The minimum atomic E-state index is 0.297. The van der Waals surface area contributed by atoms with E-state index in [0.29, 0.717) is 6.17 Å². The maximum absolute atomic E-state index is 7.50. The van der Waals surface area contributed by atoms with Crippen molar-refractivity contribution in [2.24, 2.45) is 0 Å². The highest BCUT2D eigenvalue weighted by Crippen LogP contribution is 2.07. The SMILES string of the molecule is [2H]c1cnnn1-c1cccc(C)c1. The summed E-state index contributed by atoms with van der Waals surface area (Å²) in [6.07, 6.45) is 1.72. The van der Waals surface area contributed by atoms with Gasteiger partial charge >= 0.3 is 0 Å². The highest BCUT2D eigenvalue weighted by molar-refractivity contribution is 5.33. The number of rotatable bonds is 1. The van der Waals surface area contributed by atoms with Crippen LogP contribution in [0.15, 0.2) is 36.6 Å². The average molecular weight is 160 g/mol. The first-order chi connectivity index (χ1) is 6.27. The van der Waals surface area contributed by atoms with Crippen molar-refractivity contribution in [3.8, 4) is 5.69 Å². The largest absolute Gasteiger partial charge is 0.221 e. The third-order valence-electron chi connectivity index (χ3n) is 1.63. The van der Waals surface area contributed by atoms with Crippen LogP contribution in [0.5, 0.6) is 0 Å². The van der Waals surface area contributed by atoms with Crippen LogP contribution in [0.3, 0.4) is 0 Å². The zero-order valence-corrected chi connectivity index (χ0v) is 6.73. The molecule has 0 radical (unpaired) electrons. The lowest BCUT2D eigenvalue weighted by molar-refractivity contribution is 0.802. The second-order valence-electron chi connectivity index (χ2n) is 2.61. The van der Waals surface area contributed by atoms with E-state index >= 15 is 0 Å². The van der Waals surface area contributed by atoms with E-state index in [1.54, 1.807) is 0 Å². The highest BCUT2D eigenvalue weighted by Gasteiger charge is 1.94. The van der Waals surface area contributed by atoms with E-state index < -0.39 is 0 Å². The topological polar surface area (TPSA) is 30.7 Å². The van der Waals surface area contributed by atoms with Gasteiger partial charge in [-0.2, -0.15) is 0 Å². The van der Waals surface area contributed by atoms with E-state index in [0.717, 1.165) is 11.3 Å². The molecule has 1 aromatic heterocycles. The van der Waals surface area contributed by atoms with Crippen LogP contribution < -0.4 is 0 Å². The molecule has 1 aromatic carbocycles. The van der Waals surface area contributed by atoms with Crippen LogP contribution in [-0.4, -0.2) is 15.0 Å². The van der Waals surface area contributed by atoms with Gasteiger partial charge in [-0.15, -0.1) is 5.10 Å². The molecule has 0 unspecified atom stereocenters. The molecule has 0 spiro atoms. The Hall–Kier alpha value is -1.64. The lowest BCUT2D eigenvalue weighted by atomic mass is 10.2. The van der Waals surface area contributed by atoms with Gasteiger partial charge in [0.15, 0.2) is 0 Å². The lowest BCUT2D eigenvalue weighted by Crippen LogP contribution is -1.94. The molecule has 0 N–H and O–H groups in total. The van der Waals surface area contributed by atoms with Gasteiger partial charge in [-0.25, -0.2) is 4.68 Å². The van der Waals surface area contributed by atoms with Crippen molar-refractivity contribution in [3.63, 3.8) is 0 Å². The Bertz CT molecular complexity index is 422. The lowest BCUT2D eigenvalue weighted by Gasteiger charge is -1.99.